The number of hydrogen-bond donors (Lipinski definition) is 2. The average Bonchev–Trinajstić information content (AvgIpc) is 2.64. The highest BCUT2D eigenvalue weighted by atomic mass is 35.5. The predicted molar refractivity (Wildman–Crippen MR) is 102 cm³/mol. The molecule has 0 saturated heterocycles. The van der Waals surface area contributed by atoms with Crippen molar-refractivity contribution in [3.63, 3.8) is 0 Å². The third kappa shape index (κ3) is 3.57. The van der Waals surface area contributed by atoms with Gasteiger partial charge in [-0.15, -0.1) is 0 Å². The van der Waals surface area contributed by atoms with Crippen LogP contribution in [0, 0.1) is 0 Å². The first-order valence-corrected chi connectivity index (χ1v) is 10.9. The summed E-state index contributed by atoms with van der Waals surface area (Å²) in [6.07, 6.45) is 3.09. The van der Waals surface area contributed by atoms with E-state index in [1.807, 2.05) is 18.2 Å². The number of hydrogen-bond acceptors (Lipinski definition) is 4. The lowest BCUT2D eigenvalue weighted by molar-refractivity contribution is 0.585. The monoisotopic (exact) mass is 382 g/mol. The maximum atomic E-state index is 12.7. The molecule has 128 valence electrons. The molecule has 0 fully saturated rings. The smallest absolute Gasteiger partial charge is 0.262 e. The van der Waals surface area contributed by atoms with E-state index in [2.05, 4.69) is 16.3 Å². The van der Waals surface area contributed by atoms with Crippen molar-refractivity contribution < 1.29 is 8.42 Å². The first-order valence-electron chi connectivity index (χ1n) is 7.66. The van der Waals surface area contributed by atoms with Crippen LogP contribution in [0.4, 0.5) is 5.69 Å². The van der Waals surface area contributed by atoms with Gasteiger partial charge in [-0.3, -0.25) is 4.72 Å². The molecular formula is C17H19ClN2O2S2. The number of benzene rings is 2. The molecule has 2 N–H and O–H groups in total. The summed E-state index contributed by atoms with van der Waals surface area (Å²) in [6.45, 7) is 0.807. The quantitative estimate of drug-likeness (QED) is 0.770. The van der Waals surface area contributed by atoms with Crippen molar-refractivity contribution in [3.05, 3.63) is 58.6 Å². The second-order valence-corrected chi connectivity index (χ2v) is 8.68. The summed E-state index contributed by atoms with van der Waals surface area (Å²) in [5.74, 6) is 1.06. The average molecular weight is 383 g/mol. The Morgan fingerprint density at radius 3 is 2.79 bits per heavy atom. The molecule has 1 atom stereocenters. The fraction of sp³-hybridized carbons (Fsp3) is 0.294. The van der Waals surface area contributed by atoms with Gasteiger partial charge in [-0.05, 0) is 54.3 Å². The number of halogens is 1. The summed E-state index contributed by atoms with van der Waals surface area (Å²) in [7, 11) is -3.66. The highest BCUT2D eigenvalue weighted by Gasteiger charge is 2.30. The lowest BCUT2D eigenvalue weighted by atomic mass is 9.97. The minimum atomic E-state index is -3.66. The Kier molecular flexibility index (Phi) is 5.39. The van der Waals surface area contributed by atoms with Crippen LogP contribution in [0.3, 0.4) is 0 Å². The Bertz CT molecular complexity index is 840. The zero-order valence-electron chi connectivity index (χ0n) is 13.3. The van der Waals surface area contributed by atoms with Gasteiger partial charge in [0, 0.05) is 5.02 Å². The summed E-state index contributed by atoms with van der Waals surface area (Å²) in [5, 5.41) is 3.91. The van der Waals surface area contributed by atoms with Crippen LogP contribution in [0.5, 0.6) is 0 Å². The highest BCUT2D eigenvalue weighted by molar-refractivity contribution is 7.98. The van der Waals surface area contributed by atoms with Crippen molar-refractivity contribution in [2.75, 3.05) is 23.3 Å². The number of nitrogens with one attached hydrogen (secondary N) is 2. The molecule has 1 aliphatic heterocycles. The van der Waals surface area contributed by atoms with Gasteiger partial charge in [0.1, 0.15) is 0 Å². The van der Waals surface area contributed by atoms with E-state index in [1.165, 1.54) is 6.07 Å². The fourth-order valence-corrected chi connectivity index (χ4v) is 4.90. The van der Waals surface area contributed by atoms with Crippen molar-refractivity contribution in [2.24, 2.45) is 0 Å². The van der Waals surface area contributed by atoms with E-state index in [9.17, 15) is 8.42 Å². The molecule has 0 spiro atoms. The maximum Gasteiger partial charge on any atom is 0.262 e. The number of fused-ring (bicyclic) bond motifs is 2. The van der Waals surface area contributed by atoms with Crippen LogP contribution in [-0.4, -0.2) is 27.0 Å². The van der Waals surface area contributed by atoms with Gasteiger partial charge in [0.05, 0.1) is 16.6 Å². The molecule has 0 bridgehead atoms. The molecule has 3 rings (SSSR count). The Labute approximate surface area is 152 Å². The van der Waals surface area contributed by atoms with Gasteiger partial charge >= 0.3 is 0 Å². The highest BCUT2D eigenvalue weighted by Crippen LogP contribution is 2.38. The fourth-order valence-electron chi connectivity index (χ4n) is 2.87. The van der Waals surface area contributed by atoms with Crippen LogP contribution in [0.15, 0.2) is 47.4 Å². The zero-order valence-corrected chi connectivity index (χ0v) is 15.6. The van der Waals surface area contributed by atoms with E-state index in [1.54, 1.807) is 30.0 Å². The predicted octanol–water partition coefficient (Wildman–Crippen LogP) is 3.89. The number of rotatable bonds is 5. The van der Waals surface area contributed by atoms with E-state index in [-0.39, 0.29) is 10.9 Å². The van der Waals surface area contributed by atoms with E-state index >= 15 is 0 Å². The van der Waals surface area contributed by atoms with Crippen LogP contribution in [0.2, 0.25) is 5.02 Å². The molecule has 0 amide bonds. The molecular weight excluding hydrogens is 364 g/mol. The molecule has 4 nitrogen and oxygen atoms in total. The second kappa shape index (κ2) is 7.35. The molecule has 0 saturated carbocycles. The van der Waals surface area contributed by atoms with Gasteiger partial charge in [-0.1, -0.05) is 35.9 Å². The van der Waals surface area contributed by atoms with Crippen molar-refractivity contribution in [3.8, 4) is 0 Å². The van der Waals surface area contributed by atoms with Crippen LogP contribution in [-0.2, 0) is 10.0 Å². The molecule has 0 aromatic heterocycles. The topological polar surface area (TPSA) is 58.2 Å². The van der Waals surface area contributed by atoms with E-state index in [0.717, 1.165) is 29.8 Å². The van der Waals surface area contributed by atoms with Gasteiger partial charge in [-0.25, -0.2) is 8.42 Å². The molecule has 7 heteroatoms. The van der Waals surface area contributed by atoms with Crippen LogP contribution in [0.1, 0.15) is 23.6 Å². The largest absolute Gasteiger partial charge is 0.306 e. The zero-order chi connectivity index (χ0) is 17.2. The molecule has 24 heavy (non-hydrogen) atoms. The van der Waals surface area contributed by atoms with Crippen molar-refractivity contribution in [1.29, 1.82) is 0 Å². The van der Waals surface area contributed by atoms with Crippen LogP contribution in [0.25, 0.3) is 0 Å². The molecule has 0 aliphatic carbocycles. The lowest BCUT2D eigenvalue weighted by Gasteiger charge is -2.20. The Hall–Kier alpha value is -1.21. The van der Waals surface area contributed by atoms with Crippen molar-refractivity contribution >= 4 is 39.1 Å². The first-order chi connectivity index (χ1) is 11.5. The van der Waals surface area contributed by atoms with Gasteiger partial charge in [0.25, 0.3) is 10.0 Å². The number of thioether (sulfide) groups is 1. The first kappa shape index (κ1) is 17.6. The molecule has 2 aromatic carbocycles. The summed E-state index contributed by atoms with van der Waals surface area (Å²) >= 11 is 7.85. The number of anilines is 1. The van der Waals surface area contributed by atoms with Crippen molar-refractivity contribution in [2.45, 2.75) is 17.4 Å². The van der Waals surface area contributed by atoms with E-state index in [4.69, 9.17) is 11.6 Å². The Morgan fingerprint density at radius 1 is 1.21 bits per heavy atom. The Balaban J connectivity index is 2.09. The van der Waals surface area contributed by atoms with Gasteiger partial charge < -0.3 is 5.32 Å². The van der Waals surface area contributed by atoms with Crippen molar-refractivity contribution in [1.82, 2.24) is 5.32 Å². The van der Waals surface area contributed by atoms with Gasteiger partial charge in [-0.2, -0.15) is 11.8 Å². The second-order valence-electron chi connectivity index (χ2n) is 5.61. The van der Waals surface area contributed by atoms with Gasteiger partial charge in [0.15, 0.2) is 0 Å². The summed E-state index contributed by atoms with van der Waals surface area (Å²) in [5.41, 5.74) is 2.25. The Morgan fingerprint density at radius 2 is 2.00 bits per heavy atom. The third-order valence-electron chi connectivity index (χ3n) is 3.97. The number of para-hydroxylation sites is 1. The molecule has 0 radical (unpaired) electrons. The summed E-state index contributed by atoms with van der Waals surface area (Å²) in [4.78, 5) is 0.230. The van der Waals surface area contributed by atoms with Crippen LogP contribution < -0.4 is 10.0 Å². The maximum absolute atomic E-state index is 12.7. The SMILES string of the molecule is CSCCCNC1c2ccccc2NS(=O)(=O)c2cc(Cl)ccc21. The van der Waals surface area contributed by atoms with E-state index in [0.29, 0.717) is 10.7 Å². The minimum Gasteiger partial charge on any atom is -0.306 e. The number of sulfonamides is 1. The lowest BCUT2D eigenvalue weighted by Crippen LogP contribution is -2.24. The minimum absolute atomic E-state index is 0.194. The standard InChI is InChI=1S/C17H19ClN2O2S2/c1-23-10-4-9-19-17-13-5-2-3-6-15(13)20-24(21,22)16-11-12(18)7-8-14(16)17/h2-3,5-8,11,17,19-20H,4,9-10H2,1H3. The summed E-state index contributed by atoms with van der Waals surface area (Å²) in [6, 6.07) is 12.3. The van der Waals surface area contributed by atoms with E-state index < -0.39 is 10.0 Å². The molecule has 2 aromatic rings. The van der Waals surface area contributed by atoms with Crippen LogP contribution >= 0.6 is 23.4 Å². The molecule has 1 aliphatic rings. The third-order valence-corrected chi connectivity index (χ3v) is 6.32. The normalized spacial score (nSPS) is 18.2. The molecule has 1 unspecified atom stereocenters. The molecule has 1 heterocycles. The van der Waals surface area contributed by atoms with Gasteiger partial charge in [0.2, 0.25) is 0 Å². The summed E-state index contributed by atoms with van der Waals surface area (Å²) < 4.78 is 28.1.